The molecular weight excluding hydrogens is 260 g/mol. The Morgan fingerprint density at radius 3 is 2.35 bits per heavy atom. The number of amides is 2. The summed E-state index contributed by atoms with van der Waals surface area (Å²) in [5, 5.41) is 0.657. The second-order valence-electron chi connectivity index (χ2n) is 4.26. The number of nitrogens with two attached hydrogens (primary N) is 3. The van der Waals surface area contributed by atoms with Crippen LogP contribution in [0.4, 0.5) is 11.5 Å². The molecule has 0 radical (unpaired) electrons. The summed E-state index contributed by atoms with van der Waals surface area (Å²) in [6.45, 7) is -0.334. The Kier molecular flexibility index (Phi) is 3.65. The first-order chi connectivity index (χ1) is 9.47. The summed E-state index contributed by atoms with van der Waals surface area (Å²) in [5.74, 6) is -0.769. The molecule has 0 saturated heterocycles. The molecule has 0 atom stereocenters. The molecule has 0 aliphatic heterocycles. The van der Waals surface area contributed by atoms with E-state index in [2.05, 4.69) is 9.97 Å². The third-order valence-corrected chi connectivity index (χ3v) is 2.63. The zero-order chi connectivity index (χ0) is 14.7. The van der Waals surface area contributed by atoms with Crippen LogP contribution < -0.4 is 22.1 Å². The Hall–Kier alpha value is -2.90. The fourth-order valence-electron chi connectivity index (χ4n) is 1.89. The van der Waals surface area contributed by atoms with Crippen LogP contribution in [0.2, 0.25) is 0 Å². The van der Waals surface area contributed by atoms with Gasteiger partial charge in [0.15, 0.2) is 0 Å². The molecule has 0 saturated carbocycles. The van der Waals surface area contributed by atoms with Gasteiger partial charge in [-0.05, 0) is 18.2 Å². The molecule has 0 fully saturated rings. The topological polar surface area (TPSA) is 141 Å². The van der Waals surface area contributed by atoms with E-state index in [1.165, 1.54) is 11.2 Å². The van der Waals surface area contributed by atoms with Crippen LogP contribution in [0.15, 0.2) is 24.5 Å². The first kappa shape index (κ1) is 13.5. The lowest BCUT2D eigenvalue weighted by molar-refractivity contribution is -0.117. The van der Waals surface area contributed by atoms with Crippen LogP contribution in [-0.2, 0) is 9.59 Å². The highest BCUT2D eigenvalue weighted by Crippen LogP contribution is 2.24. The van der Waals surface area contributed by atoms with E-state index in [9.17, 15) is 9.59 Å². The largest absolute Gasteiger partial charge is 0.399 e. The molecule has 8 heteroatoms. The van der Waals surface area contributed by atoms with Gasteiger partial charge in [0.2, 0.25) is 11.8 Å². The van der Waals surface area contributed by atoms with E-state index >= 15 is 0 Å². The number of primary amides is 2. The van der Waals surface area contributed by atoms with Crippen LogP contribution in [0.3, 0.4) is 0 Å². The van der Waals surface area contributed by atoms with Crippen molar-refractivity contribution in [1.29, 1.82) is 0 Å². The molecule has 104 valence electrons. The number of fused-ring (bicyclic) bond motifs is 1. The van der Waals surface area contributed by atoms with E-state index in [-0.39, 0.29) is 13.1 Å². The van der Waals surface area contributed by atoms with E-state index in [4.69, 9.17) is 17.2 Å². The molecule has 0 unspecified atom stereocenters. The lowest BCUT2D eigenvalue weighted by Crippen LogP contribution is -2.40. The highest BCUT2D eigenvalue weighted by Gasteiger charge is 2.16. The SMILES string of the molecule is NC(=O)CN(CC(N)=O)c1ncnc2cc(N)ccc12. The maximum absolute atomic E-state index is 11.1. The molecule has 2 amide bonds. The van der Waals surface area contributed by atoms with Crippen molar-refractivity contribution in [3.63, 3.8) is 0 Å². The van der Waals surface area contributed by atoms with E-state index in [0.717, 1.165) is 0 Å². The van der Waals surface area contributed by atoms with Crippen LogP contribution >= 0.6 is 0 Å². The Balaban J connectivity index is 2.51. The summed E-state index contributed by atoms with van der Waals surface area (Å²) < 4.78 is 0. The highest BCUT2D eigenvalue weighted by atomic mass is 16.2. The van der Waals surface area contributed by atoms with Crippen LogP contribution in [0, 0.1) is 0 Å². The second-order valence-corrected chi connectivity index (χ2v) is 4.26. The quantitative estimate of drug-likeness (QED) is 0.596. The average Bonchev–Trinajstić information content (AvgIpc) is 2.35. The Labute approximate surface area is 114 Å². The summed E-state index contributed by atoms with van der Waals surface area (Å²) in [5.41, 5.74) is 17.2. The van der Waals surface area contributed by atoms with Gasteiger partial charge in [0, 0.05) is 11.1 Å². The number of rotatable bonds is 5. The first-order valence-electron chi connectivity index (χ1n) is 5.79. The number of anilines is 2. The van der Waals surface area contributed by atoms with Gasteiger partial charge in [0.1, 0.15) is 12.1 Å². The van der Waals surface area contributed by atoms with Crippen molar-refractivity contribution in [2.24, 2.45) is 11.5 Å². The molecule has 6 N–H and O–H groups in total. The summed E-state index contributed by atoms with van der Waals surface area (Å²) in [7, 11) is 0. The standard InChI is InChI=1S/C12H14N6O2/c13-7-1-2-8-9(3-7)16-6-17-12(8)18(4-10(14)19)5-11(15)20/h1-3,6H,4-5,13H2,(H2,14,19)(H2,15,20). The summed E-state index contributed by atoms with van der Waals surface area (Å²) in [6.07, 6.45) is 1.33. The Bertz CT molecular complexity index is 656. The van der Waals surface area contributed by atoms with Crippen LogP contribution in [0.25, 0.3) is 10.9 Å². The van der Waals surface area contributed by atoms with Crippen molar-refractivity contribution in [3.8, 4) is 0 Å². The van der Waals surface area contributed by atoms with Gasteiger partial charge in [-0.3, -0.25) is 9.59 Å². The fourth-order valence-corrected chi connectivity index (χ4v) is 1.89. The number of hydrogen-bond acceptors (Lipinski definition) is 6. The van der Waals surface area contributed by atoms with Crippen molar-refractivity contribution in [3.05, 3.63) is 24.5 Å². The maximum Gasteiger partial charge on any atom is 0.237 e. The molecule has 8 nitrogen and oxygen atoms in total. The minimum absolute atomic E-state index is 0.167. The van der Waals surface area contributed by atoms with Crippen molar-refractivity contribution in [2.45, 2.75) is 0 Å². The monoisotopic (exact) mass is 274 g/mol. The van der Waals surface area contributed by atoms with Crippen LogP contribution in [0.1, 0.15) is 0 Å². The predicted molar refractivity (Wildman–Crippen MR) is 74.6 cm³/mol. The van der Waals surface area contributed by atoms with Gasteiger partial charge in [-0.25, -0.2) is 9.97 Å². The van der Waals surface area contributed by atoms with Gasteiger partial charge in [0.25, 0.3) is 0 Å². The number of aromatic nitrogens is 2. The smallest absolute Gasteiger partial charge is 0.237 e. The van der Waals surface area contributed by atoms with Crippen molar-refractivity contribution < 1.29 is 9.59 Å². The highest BCUT2D eigenvalue weighted by molar-refractivity contribution is 5.94. The van der Waals surface area contributed by atoms with Gasteiger partial charge in [-0.1, -0.05) is 0 Å². The Morgan fingerprint density at radius 2 is 1.75 bits per heavy atom. The van der Waals surface area contributed by atoms with E-state index < -0.39 is 11.8 Å². The number of carbonyl (C=O) groups excluding carboxylic acids is 2. The maximum atomic E-state index is 11.1. The number of benzene rings is 1. The van der Waals surface area contributed by atoms with Gasteiger partial charge in [-0.15, -0.1) is 0 Å². The number of nitrogens with zero attached hydrogens (tertiary/aromatic N) is 3. The van der Waals surface area contributed by atoms with Gasteiger partial charge in [-0.2, -0.15) is 0 Å². The summed E-state index contributed by atoms with van der Waals surface area (Å²) in [6, 6.07) is 5.07. The molecule has 0 aliphatic carbocycles. The molecule has 1 aromatic carbocycles. The van der Waals surface area contributed by atoms with E-state index in [0.29, 0.717) is 22.4 Å². The zero-order valence-electron chi connectivity index (χ0n) is 10.6. The number of nitrogen functional groups attached to an aromatic ring is 1. The second kappa shape index (κ2) is 5.39. The Morgan fingerprint density at radius 1 is 1.10 bits per heavy atom. The molecule has 1 heterocycles. The van der Waals surface area contributed by atoms with Crippen molar-refractivity contribution >= 4 is 34.2 Å². The normalized spacial score (nSPS) is 10.4. The third-order valence-electron chi connectivity index (χ3n) is 2.63. The van der Waals surface area contributed by atoms with E-state index in [1.807, 2.05) is 0 Å². The van der Waals surface area contributed by atoms with Crippen molar-refractivity contribution in [1.82, 2.24) is 9.97 Å². The molecule has 2 rings (SSSR count). The molecular formula is C12H14N6O2. The van der Waals surface area contributed by atoms with Gasteiger partial charge >= 0.3 is 0 Å². The van der Waals surface area contributed by atoms with Crippen molar-refractivity contribution in [2.75, 3.05) is 23.7 Å². The number of carbonyl (C=O) groups is 2. The van der Waals surface area contributed by atoms with Gasteiger partial charge < -0.3 is 22.1 Å². The minimum atomic E-state index is -0.589. The molecule has 0 spiro atoms. The fraction of sp³-hybridized carbons (Fsp3) is 0.167. The summed E-state index contributed by atoms with van der Waals surface area (Å²) in [4.78, 5) is 31.8. The minimum Gasteiger partial charge on any atom is -0.399 e. The first-order valence-corrected chi connectivity index (χ1v) is 5.79. The molecule has 0 aliphatic rings. The molecule has 0 bridgehead atoms. The zero-order valence-corrected chi connectivity index (χ0v) is 10.6. The average molecular weight is 274 g/mol. The summed E-state index contributed by atoms with van der Waals surface area (Å²) >= 11 is 0. The van der Waals surface area contributed by atoms with Crippen LogP contribution in [-0.4, -0.2) is 34.9 Å². The molecule has 2 aromatic rings. The number of hydrogen-bond donors (Lipinski definition) is 3. The lowest BCUT2D eigenvalue weighted by atomic mass is 10.2. The predicted octanol–water partition coefficient (Wildman–Crippen LogP) is -1.01. The lowest BCUT2D eigenvalue weighted by Gasteiger charge is -2.21. The van der Waals surface area contributed by atoms with Crippen LogP contribution in [0.5, 0.6) is 0 Å². The van der Waals surface area contributed by atoms with E-state index in [1.54, 1.807) is 18.2 Å². The molecule has 1 aromatic heterocycles. The van der Waals surface area contributed by atoms with Gasteiger partial charge in [0.05, 0.1) is 18.6 Å². The third kappa shape index (κ3) is 2.91. The molecule has 20 heavy (non-hydrogen) atoms.